The second-order valence-corrected chi connectivity index (χ2v) is 9.07. The molecule has 0 saturated carbocycles. The van der Waals surface area contributed by atoms with Crippen LogP contribution < -0.4 is 10.2 Å². The molecule has 4 nitrogen and oxygen atoms in total. The van der Waals surface area contributed by atoms with Gasteiger partial charge in [-0.2, -0.15) is 0 Å². The minimum absolute atomic E-state index is 0.0321. The lowest BCUT2D eigenvalue weighted by molar-refractivity contribution is -0.118. The molecule has 2 aromatic rings. The number of carbonyl (C=O) groups excluding carboxylic acids is 1. The third-order valence-electron chi connectivity index (χ3n) is 6.56. The zero-order chi connectivity index (χ0) is 22.9. The summed E-state index contributed by atoms with van der Waals surface area (Å²) in [6.45, 7) is 5.37. The molecule has 174 valence electrons. The van der Waals surface area contributed by atoms with E-state index < -0.39 is 0 Å². The van der Waals surface area contributed by atoms with Crippen LogP contribution in [0.15, 0.2) is 30.6 Å². The smallest absolute Gasteiger partial charge is 0.227 e. The Morgan fingerprint density at radius 3 is 2.50 bits per heavy atom. The summed E-state index contributed by atoms with van der Waals surface area (Å²) in [5.74, 6) is -0.284. The van der Waals surface area contributed by atoms with Gasteiger partial charge >= 0.3 is 0 Å². The Labute approximate surface area is 192 Å². The Hall–Kier alpha value is -2.27. The van der Waals surface area contributed by atoms with Crippen LogP contribution in [-0.4, -0.2) is 24.5 Å². The molecule has 5 heteroatoms. The summed E-state index contributed by atoms with van der Waals surface area (Å²) in [6, 6.07) is 5.56. The van der Waals surface area contributed by atoms with E-state index in [0.717, 1.165) is 23.2 Å². The first-order chi connectivity index (χ1) is 15.5. The van der Waals surface area contributed by atoms with Crippen molar-refractivity contribution in [3.05, 3.63) is 47.5 Å². The molecule has 1 aliphatic heterocycles. The minimum Gasteiger partial charge on any atom is -0.315 e. The monoisotopic (exact) mass is 439 g/mol. The minimum atomic E-state index is -0.316. The number of anilines is 1. The summed E-state index contributed by atoms with van der Waals surface area (Å²) in [7, 11) is 1.71. The van der Waals surface area contributed by atoms with E-state index in [0.29, 0.717) is 24.1 Å². The molecule has 0 spiro atoms. The van der Waals surface area contributed by atoms with Crippen LogP contribution in [0.3, 0.4) is 0 Å². The van der Waals surface area contributed by atoms with E-state index in [9.17, 15) is 9.18 Å². The van der Waals surface area contributed by atoms with E-state index in [1.54, 1.807) is 18.1 Å². The Morgan fingerprint density at radius 2 is 1.75 bits per heavy atom. The number of fused-ring (bicyclic) bond motifs is 1. The number of amides is 1. The third kappa shape index (κ3) is 6.38. The molecular weight excluding hydrogens is 401 g/mol. The number of halogens is 1. The first kappa shape index (κ1) is 24.4. The fourth-order valence-electron chi connectivity index (χ4n) is 4.42. The number of pyridine rings is 1. The maximum absolute atomic E-state index is 14.9. The molecule has 1 aliphatic rings. The summed E-state index contributed by atoms with van der Waals surface area (Å²) in [5.41, 5.74) is 4.08. The highest BCUT2D eigenvalue weighted by Crippen LogP contribution is 2.34. The summed E-state index contributed by atoms with van der Waals surface area (Å²) >= 11 is 0. The van der Waals surface area contributed by atoms with Crippen molar-refractivity contribution in [1.82, 2.24) is 10.3 Å². The third-order valence-corrected chi connectivity index (χ3v) is 6.56. The number of nitrogens with one attached hydrogen (secondary N) is 1. The molecule has 1 aromatic heterocycles. The number of carbonyl (C=O) groups is 1. The van der Waals surface area contributed by atoms with Gasteiger partial charge in [-0.05, 0) is 55.6 Å². The Kier molecular flexibility index (Phi) is 9.22. The number of rotatable bonds is 12. The van der Waals surface area contributed by atoms with Crippen molar-refractivity contribution >= 4 is 11.6 Å². The number of nitrogens with zero attached hydrogens (tertiary/aromatic N) is 2. The van der Waals surface area contributed by atoms with Gasteiger partial charge in [0.1, 0.15) is 5.82 Å². The lowest BCUT2D eigenvalue weighted by Crippen LogP contribution is -2.31. The normalized spacial score (nSPS) is 14.5. The van der Waals surface area contributed by atoms with E-state index in [2.05, 4.69) is 24.1 Å². The number of aromatic nitrogens is 1. The zero-order valence-electron chi connectivity index (χ0n) is 19.9. The molecular formula is C27H38FN3O. The van der Waals surface area contributed by atoms with Gasteiger partial charge in [-0.1, -0.05) is 51.9 Å². The molecule has 1 amide bonds. The quantitative estimate of drug-likeness (QED) is 0.380. The zero-order valence-corrected chi connectivity index (χ0v) is 19.9. The van der Waals surface area contributed by atoms with Crippen molar-refractivity contribution in [1.29, 1.82) is 0 Å². The Balaban J connectivity index is 1.56. The van der Waals surface area contributed by atoms with Crippen LogP contribution in [0.4, 0.5) is 10.1 Å². The highest BCUT2D eigenvalue weighted by Gasteiger charge is 2.23. The second kappa shape index (κ2) is 12.1. The number of unbranched alkanes of at least 4 members (excludes halogenated alkanes) is 7. The van der Waals surface area contributed by atoms with Gasteiger partial charge in [0.2, 0.25) is 5.91 Å². The largest absolute Gasteiger partial charge is 0.315 e. The maximum atomic E-state index is 14.9. The topological polar surface area (TPSA) is 45.2 Å². The Morgan fingerprint density at radius 1 is 1.03 bits per heavy atom. The molecule has 0 bridgehead atoms. The molecule has 2 heterocycles. The molecule has 0 fully saturated rings. The molecule has 0 aliphatic carbocycles. The average Bonchev–Trinajstić information content (AvgIpc) is 2.80. The van der Waals surface area contributed by atoms with Crippen molar-refractivity contribution in [2.24, 2.45) is 0 Å². The molecule has 0 radical (unpaired) electrons. The van der Waals surface area contributed by atoms with E-state index in [-0.39, 0.29) is 17.8 Å². The van der Waals surface area contributed by atoms with E-state index in [1.165, 1.54) is 57.4 Å². The lowest BCUT2D eigenvalue weighted by Gasteiger charge is -2.26. The summed E-state index contributed by atoms with van der Waals surface area (Å²) in [5, 5.41) is 3.59. The van der Waals surface area contributed by atoms with Gasteiger partial charge in [0.05, 0.1) is 0 Å². The average molecular weight is 440 g/mol. The van der Waals surface area contributed by atoms with Crippen molar-refractivity contribution in [2.75, 3.05) is 18.5 Å². The van der Waals surface area contributed by atoms with Crippen LogP contribution in [0.25, 0.3) is 11.1 Å². The van der Waals surface area contributed by atoms with E-state index in [4.69, 9.17) is 0 Å². The molecule has 1 aromatic carbocycles. The second-order valence-electron chi connectivity index (χ2n) is 9.07. The molecule has 32 heavy (non-hydrogen) atoms. The first-order valence-corrected chi connectivity index (χ1v) is 12.3. The van der Waals surface area contributed by atoms with Gasteiger partial charge < -0.3 is 10.2 Å². The standard InChI is InChI=1S/C27H38FN3O/c1-4-5-6-7-8-9-10-11-14-30-20(2)22-15-23(19-29-18-22)24-16-21-12-13-27(32)31(3)26(21)17-25(24)28/h15-20,30H,4-14H2,1-3H3. The summed E-state index contributed by atoms with van der Waals surface area (Å²) < 4.78 is 14.9. The Bertz CT molecular complexity index is 898. The molecule has 3 rings (SSSR count). The van der Waals surface area contributed by atoms with Crippen molar-refractivity contribution in [2.45, 2.75) is 84.1 Å². The highest BCUT2D eigenvalue weighted by atomic mass is 19.1. The van der Waals surface area contributed by atoms with Crippen LogP contribution in [-0.2, 0) is 11.2 Å². The van der Waals surface area contributed by atoms with Gasteiger partial charge in [-0.25, -0.2) is 4.39 Å². The molecule has 0 saturated heterocycles. The van der Waals surface area contributed by atoms with Gasteiger partial charge in [0, 0.05) is 48.7 Å². The highest BCUT2D eigenvalue weighted by molar-refractivity contribution is 5.96. The summed E-state index contributed by atoms with van der Waals surface area (Å²) in [6.07, 6.45) is 15.2. The van der Waals surface area contributed by atoms with E-state index >= 15 is 0 Å². The van der Waals surface area contributed by atoms with Crippen molar-refractivity contribution in [3.8, 4) is 11.1 Å². The fourth-order valence-corrected chi connectivity index (χ4v) is 4.42. The molecule has 1 N–H and O–H groups in total. The van der Waals surface area contributed by atoms with Gasteiger partial charge in [-0.3, -0.25) is 9.78 Å². The maximum Gasteiger partial charge on any atom is 0.227 e. The predicted molar refractivity (Wildman–Crippen MR) is 130 cm³/mol. The lowest BCUT2D eigenvalue weighted by atomic mass is 9.95. The van der Waals surface area contributed by atoms with Crippen LogP contribution in [0.2, 0.25) is 0 Å². The predicted octanol–water partition coefficient (Wildman–Crippen LogP) is 6.59. The van der Waals surface area contributed by atoms with Crippen LogP contribution in [0.1, 0.15) is 88.8 Å². The molecule has 1 atom stereocenters. The van der Waals surface area contributed by atoms with Crippen molar-refractivity contribution < 1.29 is 9.18 Å². The van der Waals surface area contributed by atoms with Gasteiger partial charge in [0.25, 0.3) is 0 Å². The molecule has 1 unspecified atom stereocenters. The number of benzene rings is 1. The SMILES string of the molecule is CCCCCCCCCCNC(C)c1cncc(-c2cc3c(cc2F)N(C)C(=O)CC3)c1. The first-order valence-electron chi connectivity index (χ1n) is 12.3. The van der Waals surface area contributed by atoms with Crippen LogP contribution in [0, 0.1) is 5.82 Å². The van der Waals surface area contributed by atoms with Gasteiger partial charge in [0.15, 0.2) is 0 Å². The number of aryl methyl sites for hydroxylation is 1. The van der Waals surface area contributed by atoms with Crippen LogP contribution in [0.5, 0.6) is 0 Å². The van der Waals surface area contributed by atoms with Gasteiger partial charge in [-0.15, -0.1) is 0 Å². The summed E-state index contributed by atoms with van der Waals surface area (Å²) in [4.78, 5) is 17.9. The van der Waals surface area contributed by atoms with E-state index in [1.807, 2.05) is 18.3 Å². The fraction of sp³-hybridized carbons (Fsp3) is 0.556. The number of hydrogen-bond acceptors (Lipinski definition) is 3. The van der Waals surface area contributed by atoms with Crippen molar-refractivity contribution in [3.63, 3.8) is 0 Å². The van der Waals surface area contributed by atoms with Crippen LogP contribution >= 0.6 is 0 Å². The number of hydrogen-bond donors (Lipinski definition) is 1.